The number of hydrogen-bond donors (Lipinski definition) is 2. The maximum absolute atomic E-state index is 11.3. The molecule has 19 heavy (non-hydrogen) atoms. The van der Waals surface area contributed by atoms with E-state index in [9.17, 15) is 15.0 Å². The highest BCUT2D eigenvalue weighted by Gasteiger charge is 2.27. The number of aromatic carboxylic acids is 1. The minimum Gasteiger partial charge on any atom is -0.476 e. The Morgan fingerprint density at radius 1 is 1.47 bits per heavy atom. The highest BCUT2D eigenvalue weighted by atomic mass is 16.4. The number of aliphatic hydroxyl groups is 1. The third kappa shape index (κ3) is 3.20. The van der Waals surface area contributed by atoms with Gasteiger partial charge in [-0.25, -0.2) is 14.8 Å². The van der Waals surface area contributed by atoms with Crippen molar-refractivity contribution in [2.75, 3.05) is 18.6 Å². The number of carbonyl (C=O) groups is 1. The van der Waals surface area contributed by atoms with Gasteiger partial charge in [0.25, 0.3) is 0 Å². The van der Waals surface area contributed by atoms with Crippen LogP contribution in [0.15, 0.2) is 6.20 Å². The minimum absolute atomic E-state index is 0.0391. The zero-order valence-electron chi connectivity index (χ0n) is 12.0. The van der Waals surface area contributed by atoms with E-state index in [4.69, 9.17) is 0 Å². The zero-order chi connectivity index (χ0) is 14.8. The van der Waals surface area contributed by atoms with Gasteiger partial charge in [-0.2, -0.15) is 0 Å². The van der Waals surface area contributed by atoms with Crippen molar-refractivity contribution < 1.29 is 15.0 Å². The van der Waals surface area contributed by atoms with Gasteiger partial charge in [-0.05, 0) is 13.8 Å². The molecule has 1 aromatic heterocycles. The summed E-state index contributed by atoms with van der Waals surface area (Å²) in [6.45, 7) is 7.34. The molecule has 0 unspecified atom stereocenters. The normalized spacial score (nSPS) is 11.7. The molecular formula is C13H21N3O3. The fraction of sp³-hybridized carbons (Fsp3) is 0.615. The highest BCUT2D eigenvalue weighted by Crippen LogP contribution is 2.25. The molecule has 0 fully saturated rings. The van der Waals surface area contributed by atoms with Gasteiger partial charge >= 0.3 is 5.97 Å². The van der Waals surface area contributed by atoms with Crippen molar-refractivity contribution in [3.63, 3.8) is 0 Å². The fourth-order valence-corrected chi connectivity index (χ4v) is 1.50. The van der Waals surface area contributed by atoms with Gasteiger partial charge in [-0.15, -0.1) is 0 Å². The van der Waals surface area contributed by atoms with E-state index in [0.29, 0.717) is 11.5 Å². The number of nitrogens with zero attached hydrogens (tertiary/aromatic N) is 3. The summed E-state index contributed by atoms with van der Waals surface area (Å²) in [5, 5.41) is 18.6. The third-order valence-electron chi connectivity index (χ3n) is 3.16. The van der Waals surface area contributed by atoms with Gasteiger partial charge in [-0.1, -0.05) is 13.8 Å². The second-order valence-electron chi connectivity index (χ2n) is 5.45. The maximum atomic E-state index is 11.3. The lowest BCUT2D eigenvalue weighted by Crippen LogP contribution is -2.45. The lowest BCUT2D eigenvalue weighted by molar-refractivity contribution is 0.0690. The summed E-state index contributed by atoms with van der Waals surface area (Å²) in [6.07, 6.45) is 1.50. The molecule has 0 aliphatic rings. The molecule has 0 bridgehead atoms. The standard InChI is InChI=1S/C13H21N3O3/c1-8(2)11-14-6-9(10(15-11)12(18)19)16(5)13(3,4)7-17/h6,8,17H,7H2,1-5H3,(H,18,19). The van der Waals surface area contributed by atoms with E-state index in [1.54, 1.807) is 11.9 Å². The Labute approximate surface area is 113 Å². The molecule has 6 nitrogen and oxygen atoms in total. The van der Waals surface area contributed by atoms with Crippen molar-refractivity contribution in [1.29, 1.82) is 0 Å². The Bertz CT molecular complexity index is 472. The van der Waals surface area contributed by atoms with Crippen LogP contribution in [0.2, 0.25) is 0 Å². The van der Waals surface area contributed by atoms with Gasteiger partial charge in [0.05, 0.1) is 24.0 Å². The van der Waals surface area contributed by atoms with Crippen LogP contribution in [0.25, 0.3) is 0 Å². The van der Waals surface area contributed by atoms with Crippen molar-refractivity contribution in [3.05, 3.63) is 17.7 Å². The fourth-order valence-electron chi connectivity index (χ4n) is 1.50. The molecule has 0 saturated carbocycles. The first kappa shape index (κ1) is 15.4. The van der Waals surface area contributed by atoms with E-state index in [1.165, 1.54) is 6.20 Å². The number of hydrogen-bond acceptors (Lipinski definition) is 5. The quantitative estimate of drug-likeness (QED) is 0.841. The van der Waals surface area contributed by atoms with Crippen LogP contribution in [0.4, 0.5) is 5.69 Å². The molecule has 0 aliphatic carbocycles. The monoisotopic (exact) mass is 267 g/mol. The Balaban J connectivity index is 3.32. The van der Waals surface area contributed by atoms with Crippen molar-refractivity contribution >= 4 is 11.7 Å². The van der Waals surface area contributed by atoms with Crippen molar-refractivity contribution in [1.82, 2.24) is 9.97 Å². The predicted octanol–water partition coefficient (Wildman–Crippen LogP) is 1.51. The second kappa shape index (κ2) is 5.52. The predicted molar refractivity (Wildman–Crippen MR) is 72.6 cm³/mol. The number of anilines is 1. The summed E-state index contributed by atoms with van der Waals surface area (Å²) in [6, 6.07) is 0. The SMILES string of the molecule is CC(C)c1ncc(N(C)C(C)(C)CO)c(C(=O)O)n1. The van der Waals surface area contributed by atoms with Crippen LogP contribution in [0.5, 0.6) is 0 Å². The Morgan fingerprint density at radius 2 is 2.05 bits per heavy atom. The summed E-state index contributed by atoms with van der Waals surface area (Å²) in [7, 11) is 1.72. The molecule has 0 aliphatic heterocycles. The first-order chi connectivity index (χ1) is 8.70. The van der Waals surface area contributed by atoms with Gasteiger partial charge in [0.1, 0.15) is 5.82 Å². The maximum Gasteiger partial charge on any atom is 0.356 e. The lowest BCUT2D eigenvalue weighted by atomic mass is 10.0. The van der Waals surface area contributed by atoms with E-state index >= 15 is 0 Å². The van der Waals surface area contributed by atoms with Crippen molar-refractivity contribution in [3.8, 4) is 0 Å². The van der Waals surface area contributed by atoms with Crippen LogP contribution in [0.1, 0.15) is 49.9 Å². The Hall–Kier alpha value is -1.69. The summed E-state index contributed by atoms with van der Waals surface area (Å²) in [5.41, 5.74) is -0.230. The number of aliphatic hydroxyl groups excluding tert-OH is 1. The van der Waals surface area contributed by atoms with Crippen LogP contribution in [-0.4, -0.2) is 45.3 Å². The van der Waals surface area contributed by atoms with Crippen LogP contribution < -0.4 is 4.90 Å². The number of likely N-dealkylation sites (N-methyl/N-ethyl adjacent to an activating group) is 1. The first-order valence-electron chi connectivity index (χ1n) is 6.15. The summed E-state index contributed by atoms with van der Waals surface area (Å²) < 4.78 is 0. The molecule has 2 N–H and O–H groups in total. The minimum atomic E-state index is -1.10. The van der Waals surface area contributed by atoms with Gasteiger partial charge < -0.3 is 15.1 Å². The highest BCUT2D eigenvalue weighted by molar-refractivity contribution is 5.92. The van der Waals surface area contributed by atoms with E-state index in [2.05, 4.69) is 9.97 Å². The Morgan fingerprint density at radius 3 is 2.47 bits per heavy atom. The van der Waals surface area contributed by atoms with E-state index < -0.39 is 11.5 Å². The average molecular weight is 267 g/mol. The largest absolute Gasteiger partial charge is 0.476 e. The van der Waals surface area contributed by atoms with Crippen LogP contribution in [-0.2, 0) is 0 Å². The molecule has 6 heteroatoms. The zero-order valence-corrected chi connectivity index (χ0v) is 12.0. The number of aromatic nitrogens is 2. The first-order valence-corrected chi connectivity index (χ1v) is 6.15. The van der Waals surface area contributed by atoms with Crippen molar-refractivity contribution in [2.45, 2.75) is 39.2 Å². The lowest BCUT2D eigenvalue weighted by Gasteiger charge is -2.36. The van der Waals surface area contributed by atoms with Crippen molar-refractivity contribution in [2.24, 2.45) is 0 Å². The van der Waals surface area contributed by atoms with Gasteiger partial charge in [0.2, 0.25) is 0 Å². The molecule has 1 rings (SSSR count). The van der Waals surface area contributed by atoms with Crippen LogP contribution in [0, 0.1) is 0 Å². The molecule has 0 radical (unpaired) electrons. The van der Waals surface area contributed by atoms with Crippen LogP contribution in [0.3, 0.4) is 0 Å². The second-order valence-corrected chi connectivity index (χ2v) is 5.45. The molecule has 1 heterocycles. The molecule has 0 saturated heterocycles. The van der Waals surface area contributed by atoms with E-state index in [1.807, 2.05) is 27.7 Å². The summed E-state index contributed by atoms with van der Waals surface area (Å²) in [4.78, 5) is 21.3. The van der Waals surface area contributed by atoms with Gasteiger partial charge in [-0.3, -0.25) is 0 Å². The van der Waals surface area contributed by atoms with Gasteiger partial charge in [0.15, 0.2) is 5.69 Å². The molecule has 0 atom stereocenters. The molecule has 0 aromatic carbocycles. The average Bonchev–Trinajstić information content (AvgIpc) is 2.36. The molecule has 1 aromatic rings. The Kier molecular flexibility index (Phi) is 4.47. The third-order valence-corrected chi connectivity index (χ3v) is 3.16. The van der Waals surface area contributed by atoms with Gasteiger partial charge in [0, 0.05) is 13.0 Å². The number of carboxylic acid groups (broad SMARTS) is 1. The summed E-state index contributed by atoms with van der Waals surface area (Å²) >= 11 is 0. The molecule has 0 amide bonds. The molecule has 106 valence electrons. The number of rotatable bonds is 5. The number of carboxylic acids is 1. The van der Waals surface area contributed by atoms with Crippen LogP contribution >= 0.6 is 0 Å². The van der Waals surface area contributed by atoms with E-state index in [0.717, 1.165) is 0 Å². The smallest absolute Gasteiger partial charge is 0.356 e. The topological polar surface area (TPSA) is 86.5 Å². The molecular weight excluding hydrogens is 246 g/mol. The summed E-state index contributed by atoms with van der Waals surface area (Å²) in [5.74, 6) is -0.542. The van der Waals surface area contributed by atoms with E-state index in [-0.39, 0.29) is 18.2 Å². The molecule has 0 spiro atoms.